The third-order valence-electron chi connectivity index (χ3n) is 2.14. The summed E-state index contributed by atoms with van der Waals surface area (Å²) >= 11 is 5.89. The second kappa shape index (κ2) is 3.50. The second-order valence-corrected chi connectivity index (χ2v) is 3.41. The molecule has 0 atom stereocenters. The lowest BCUT2D eigenvalue weighted by Gasteiger charge is -2.17. The van der Waals surface area contributed by atoms with Crippen LogP contribution in [0.2, 0.25) is 5.02 Å². The zero-order valence-corrected chi connectivity index (χ0v) is 8.43. The van der Waals surface area contributed by atoms with Gasteiger partial charge in [-0.25, -0.2) is 0 Å². The van der Waals surface area contributed by atoms with Gasteiger partial charge in [-0.3, -0.25) is 4.79 Å². The number of ether oxygens (including phenoxy) is 2. The molecule has 1 aliphatic heterocycles. The van der Waals surface area contributed by atoms with Gasteiger partial charge >= 0.3 is 0 Å². The highest BCUT2D eigenvalue weighted by Crippen LogP contribution is 2.34. The van der Waals surface area contributed by atoms with Crippen LogP contribution in [0.25, 0.3) is 0 Å². The zero-order chi connectivity index (χ0) is 10.1. The first kappa shape index (κ1) is 9.34. The lowest BCUT2D eigenvalue weighted by molar-refractivity contribution is 0.0933. The van der Waals surface area contributed by atoms with Crippen molar-refractivity contribution in [3.8, 4) is 11.5 Å². The highest BCUT2D eigenvalue weighted by Gasteiger charge is 2.20. The highest BCUT2D eigenvalue weighted by atomic mass is 35.5. The van der Waals surface area contributed by atoms with Crippen molar-refractivity contribution < 1.29 is 14.3 Å². The number of hydrogen-bond acceptors (Lipinski definition) is 3. The molecule has 3 nitrogen and oxygen atoms in total. The van der Waals surface area contributed by atoms with Crippen LogP contribution in [0.5, 0.6) is 11.5 Å². The second-order valence-electron chi connectivity index (χ2n) is 3.00. The molecular weight excluding hydrogens is 204 g/mol. The van der Waals surface area contributed by atoms with Crippen molar-refractivity contribution in [2.24, 2.45) is 0 Å². The Morgan fingerprint density at radius 3 is 3.00 bits per heavy atom. The molecule has 2 rings (SSSR count). The van der Waals surface area contributed by atoms with Crippen LogP contribution < -0.4 is 9.47 Å². The lowest BCUT2D eigenvalue weighted by atomic mass is 10.0. The van der Waals surface area contributed by atoms with E-state index in [-0.39, 0.29) is 5.78 Å². The maximum Gasteiger partial charge on any atom is 0.170 e. The fourth-order valence-electron chi connectivity index (χ4n) is 1.42. The molecule has 14 heavy (non-hydrogen) atoms. The number of ketones is 1. The molecular formula is C10H9ClO3. The van der Waals surface area contributed by atoms with E-state index in [1.807, 2.05) is 0 Å². The van der Waals surface area contributed by atoms with Crippen LogP contribution in [-0.2, 0) is 0 Å². The van der Waals surface area contributed by atoms with Gasteiger partial charge < -0.3 is 9.47 Å². The number of rotatable bonds is 1. The van der Waals surface area contributed by atoms with Gasteiger partial charge in [0.1, 0.15) is 11.5 Å². The summed E-state index contributed by atoms with van der Waals surface area (Å²) in [5.41, 5.74) is 0.553. The zero-order valence-electron chi connectivity index (χ0n) is 7.67. The van der Waals surface area contributed by atoms with Crippen molar-refractivity contribution in [2.45, 2.75) is 6.42 Å². The predicted molar refractivity (Wildman–Crippen MR) is 52.4 cm³/mol. The number of fused-ring (bicyclic) bond motifs is 1. The Balaban J connectivity index is 2.54. The number of methoxy groups -OCH3 is 1. The summed E-state index contributed by atoms with van der Waals surface area (Å²) in [7, 11) is 1.52. The van der Waals surface area contributed by atoms with Crippen molar-refractivity contribution >= 4 is 17.4 Å². The monoisotopic (exact) mass is 212 g/mol. The maximum absolute atomic E-state index is 11.5. The molecule has 0 N–H and O–H groups in total. The molecule has 1 aromatic rings. The average molecular weight is 213 g/mol. The molecule has 4 heteroatoms. The van der Waals surface area contributed by atoms with Crippen LogP contribution in [0.15, 0.2) is 12.1 Å². The van der Waals surface area contributed by atoms with Crippen molar-refractivity contribution in [3.63, 3.8) is 0 Å². The summed E-state index contributed by atoms with van der Waals surface area (Å²) in [4.78, 5) is 11.5. The van der Waals surface area contributed by atoms with Gasteiger partial charge in [-0.05, 0) is 6.07 Å². The quantitative estimate of drug-likeness (QED) is 0.717. The molecule has 0 saturated carbocycles. The van der Waals surface area contributed by atoms with Gasteiger partial charge in [0, 0.05) is 12.5 Å². The summed E-state index contributed by atoms with van der Waals surface area (Å²) in [5, 5.41) is 0.459. The number of carbonyl (C=O) groups excluding carboxylic acids is 1. The van der Waals surface area contributed by atoms with Gasteiger partial charge in [-0.1, -0.05) is 11.6 Å². The van der Waals surface area contributed by atoms with Gasteiger partial charge in [0.2, 0.25) is 0 Å². The smallest absolute Gasteiger partial charge is 0.170 e. The molecule has 1 aromatic carbocycles. The molecule has 0 spiro atoms. The van der Waals surface area contributed by atoms with Gasteiger partial charge in [0.05, 0.1) is 24.3 Å². The normalized spacial score (nSPS) is 14.6. The largest absolute Gasteiger partial charge is 0.495 e. The first-order valence-electron chi connectivity index (χ1n) is 4.26. The molecule has 0 fully saturated rings. The molecule has 1 heterocycles. The van der Waals surface area contributed by atoms with E-state index in [9.17, 15) is 4.79 Å². The Hall–Kier alpha value is -1.22. The molecule has 0 bridgehead atoms. The average Bonchev–Trinajstić information content (AvgIpc) is 2.17. The van der Waals surface area contributed by atoms with E-state index in [0.717, 1.165) is 0 Å². The van der Waals surface area contributed by atoms with Gasteiger partial charge in [-0.2, -0.15) is 0 Å². The van der Waals surface area contributed by atoms with E-state index in [0.29, 0.717) is 35.1 Å². The molecule has 0 saturated heterocycles. The maximum atomic E-state index is 11.5. The Morgan fingerprint density at radius 2 is 2.29 bits per heavy atom. The van der Waals surface area contributed by atoms with Crippen molar-refractivity contribution in [2.75, 3.05) is 13.7 Å². The van der Waals surface area contributed by atoms with E-state index >= 15 is 0 Å². The minimum absolute atomic E-state index is 0.0706. The number of halogens is 1. The molecule has 74 valence electrons. The summed E-state index contributed by atoms with van der Waals surface area (Å²) in [5.74, 6) is 1.12. The number of carbonyl (C=O) groups is 1. The summed E-state index contributed by atoms with van der Waals surface area (Å²) in [6, 6.07) is 3.24. The molecule has 0 radical (unpaired) electrons. The fourth-order valence-corrected chi connectivity index (χ4v) is 1.65. The minimum Gasteiger partial charge on any atom is -0.495 e. The molecule has 0 amide bonds. The number of benzene rings is 1. The van der Waals surface area contributed by atoms with Crippen LogP contribution in [0.3, 0.4) is 0 Å². The van der Waals surface area contributed by atoms with Crippen LogP contribution >= 0.6 is 11.6 Å². The third-order valence-corrected chi connectivity index (χ3v) is 2.44. The summed E-state index contributed by atoms with van der Waals surface area (Å²) in [6.45, 7) is 0.425. The summed E-state index contributed by atoms with van der Waals surface area (Å²) < 4.78 is 10.3. The fraction of sp³-hybridized carbons (Fsp3) is 0.300. The van der Waals surface area contributed by atoms with Crippen LogP contribution in [0.1, 0.15) is 16.8 Å². The van der Waals surface area contributed by atoms with Crippen LogP contribution in [0.4, 0.5) is 0 Å². The van der Waals surface area contributed by atoms with E-state index < -0.39 is 0 Å². The van der Waals surface area contributed by atoms with E-state index in [1.54, 1.807) is 12.1 Å². The number of hydrogen-bond donors (Lipinski definition) is 0. The Labute approximate surface area is 86.6 Å². The first-order valence-corrected chi connectivity index (χ1v) is 4.63. The molecule has 0 unspecified atom stereocenters. The highest BCUT2D eigenvalue weighted by molar-refractivity contribution is 6.32. The topological polar surface area (TPSA) is 35.5 Å². The van der Waals surface area contributed by atoms with Crippen LogP contribution in [0, 0.1) is 0 Å². The van der Waals surface area contributed by atoms with E-state index in [4.69, 9.17) is 21.1 Å². The minimum atomic E-state index is 0.0706. The van der Waals surface area contributed by atoms with Gasteiger partial charge in [-0.15, -0.1) is 0 Å². The molecule has 0 aromatic heterocycles. The van der Waals surface area contributed by atoms with Crippen molar-refractivity contribution in [1.82, 2.24) is 0 Å². The van der Waals surface area contributed by atoms with Crippen LogP contribution in [-0.4, -0.2) is 19.5 Å². The Morgan fingerprint density at radius 1 is 1.50 bits per heavy atom. The van der Waals surface area contributed by atoms with E-state index in [2.05, 4.69) is 0 Å². The number of Topliss-reactive ketones (excluding diaryl/α,β-unsaturated/α-hetero) is 1. The Kier molecular flexibility index (Phi) is 2.33. The lowest BCUT2D eigenvalue weighted by Crippen LogP contribution is -2.15. The summed E-state index contributed by atoms with van der Waals surface area (Å²) in [6.07, 6.45) is 0.414. The van der Waals surface area contributed by atoms with Crippen molar-refractivity contribution in [1.29, 1.82) is 0 Å². The predicted octanol–water partition coefficient (Wildman–Crippen LogP) is 2.31. The standard InChI is InChI=1S/C10H9ClO3/c1-13-10-4-6-8(12)2-3-14-9(6)5-7(10)11/h4-5H,2-3H2,1H3. The molecule has 1 aliphatic rings. The van der Waals surface area contributed by atoms with E-state index in [1.165, 1.54) is 7.11 Å². The van der Waals surface area contributed by atoms with Gasteiger partial charge in [0.25, 0.3) is 0 Å². The van der Waals surface area contributed by atoms with Gasteiger partial charge in [0.15, 0.2) is 5.78 Å². The Bertz CT molecular complexity index is 387. The third kappa shape index (κ3) is 1.44. The first-order chi connectivity index (χ1) is 6.72. The van der Waals surface area contributed by atoms with Crippen molar-refractivity contribution in [3.05, 3.63) is 22.7 Å². The SMILES string of the molecule is COc1cc2c(cc1Cl)OCCC2=O. The molecule has 0 aliphatic carbocycles.